The molecule has 0 saturated heterocycles. The highest BCUT2D eigenvalue weighted by Gasteiger charge is 2.19. The number of rotatable bonds is 4. The summed E-state index contributed by atoms with van der Waals surface area (Å²) in [6, 6.07) is 14.0. The Balaban J connectivity index is 2.02. The van der Waals surface area contributed by atoms with Gasteiger partial charge in [0.15, 0.2) is 5.58 Å². The van der Waals surface area contributed by atoms with E-state index in [0.29, 0.717) is 5.89 Å². The Labute approximate surface area is 130 Å². The molecule has 0 unspecified atom stereocenters. The van der Waals surface area contributed by atoms with E-state index < -0.39 is 0 Å². The van der Waals surface area contributed by atoms with E-state index in [2.05, 4.69) is 37.9 Å². The van der Waals surface area contributed by atoms with Crippen molar-refractivity contribution in [2.75, 3.05) is 7.11 Å². The maximum Gasteiger partial charge on any atom is 0.227 e. The van der Waals surface area contributed by atoms with Gasteiger partial charge in [0.05, 0.1) is 7.11 Å². The van der Waals surface area contributed by atoms with Crippen LogP contribution in [0.4, 0.5) is 0 Å². The highest BCUT2D eigenvalue weighted by atomic mass is 16.5. The van der Waals surface area contributed by atoms with Gasteiger partial charge >= 0.3 is 0 Å². The van der Waals surface area contributed by atoms with Crippen molar-refractivity contribution in [2.24, 2.45) is 0 Å². The molecule has 3 nitrogen and oxygen atoms in total. The van der Waals surface area contributed by atoms with Gasteiger partial charge in [0.1, 0.15) is 11.3 Å². The van der Waals surface area contributed by atoms with Crippen LogP contribution in [0, 0.1) is 0 Å². The van der Waals surface area contributed by atoms with Crippen molar-refractivity contribution in [1.29, 1.82) is 0 Å². The predicted octanol–water partition coefficient (Wildman–Crippen LogP) is 5.19. The van der Waals surface area contributed by atoms with Crippen molar-refractivity contribution >= 4 is 11.1 Å². The summed E-state index contributed by atoms with van der Waals surface area (Å²) in [6.45, 7) is 6.70. The van der Waals surface area contributed by atoms with Crippen LogP contribution in [0.5, 0.6) is 5.75 Å². The molecule has 0 amide bonds. The first kappa shape index (κ1) is 14.6. The molecule has 114 valence electrons. The van der Waals surface area contributed by atoms with Crippen LogP contribution in [0.25, 0.3) is 22.6 Å². The molecule has 0 spiro atoms. The zero-order valence-corrected chi connectivity index (χ0v) is 13.5. The van der Waals surface area contributed by atoms with Gasteiger partial charge in [0.2, 0.25) is 5.89 Å². The third-order valence-electron chi connectivity index (χ3n) is 4.39. The van der Waals surface area contributed by atoms with Crippen LogP contribution in [0.1, 0.15) is 32.8 Å². The first-order valence-electron chi connectivity index (χ1n) is 7.59. The topological polar surface area (TPSA) is 35.3 Å². The molecule has 22 heavy (non-hydrogen) atoms. The Morgan fingerprint density at radius 3 is 2.45 bits per heavy atom. The Bertz CT molecular complexity index is 785. The number of hydrogen-bond acceptors (Lipinski definition) is 3. The van der Waals surface area contributed by atoms with E-state index >= 15 is 0 Å². The maximum atomic E-state index is 5.88. The fraction of sp³-hybridized carbons (Fsp3) is 0.316. The summed E-state index contributed by atoms with van der Waals surface area (Å²) < 4.78 is 11.1. The van der Waals surface area contributed by atoms with Crippen LogP contribution in [-0.2, 0) is 5.41 Å². The molecular formula is C19H21NO2. The van der Waals surface area contributed by atoms with Gasteiger partial charge in [-0.1, -0.05) is 26.8 Å². The zero-order valence-electron chi connectivity index (χ0n) is 13.5. The third kappa shape index (κ3) is 2.59. The maximum absolute atomic E-state index is 5.88. The molecule has 0 atom stereocenters. The summed E-state index contributed by atoms with van der Waals surface area (Å²) >= 11 is 0. The molecule has 1 heterocycles. The monoisotopic (exact) mass is 295 g/mol. The second kappa shape index (κ2) is 5.48. The van der Waals surface area contributed by atoms with Crippen LogP contribution >= 0.6 is 0 Å². The SMILES string of the molecule is CCC(C)(C)c1ccc2oc(-c3ccc(OC)cc3)nc2c1. The van der Waals surface area contributed by atoms with Crippen molar-refractivity contribution in [1.82, 2.24) is 4.98 Å². The van der Waals surface area contributed by atoms with E-state index in [1.54, 1.807) is 7.11 Å². The highest BCUT2D eigenvalue weighted by molar-refractivity contribution is 5.77. The van der Waals surface area contributed by atoms with Crippen molar-refractivity contribution in [3.8, 4) is 17.2 Å². The Kier molecular flexibility index (Phi) is 3.65. The second-order valence-electron chi connectivity index (χ2n) is 6.17. The standard InChI is InChI=1S/C19H21NO2/c1-5-19(2,3)14-8-11-17-16(12-14)20-18(22-17)13-6-9-15(21-4)10-7-13/h6-12H,5H2,1-4H3. The minimum absolute atomic E-state index is 0.146. The summed E-state index contributed by atoms with van der Waals surface area (Å²) in [4.78, 5) is 4.64. The fourth-order valence-electron chi connectivity index (χ4n) is 2.41. The van der Waals surface area contributed by atoms with Gasteiger partial charge in [-0.15, -0.1) is 0 Å². The minimum atomic E-state index is 0.146. The number of aromatic nitrogens is 1. The largest absolute Gasteiger partial charge is 0.497 e. The molecule has 0 fully saturated rings. The van der Waals surface area contributed by atoms with E-state index in [9.17, 15) is 0 Å². The number of benzene rings is 2. The van der Waals surface area contributed by atoms with Gasteiger partial charge in [-0.25, -0.2) is 4.98 Å². The zero-order chi connectivity index (χ0) is 15.7. The molecule has 0 N–H and O–H groups in total. The van der Waals surface area contributed by atoms with Crippen LogP contribution in [0.15, 0.2) is 46.9 Å². The lowest BCUT2D eigenvalue weighted by molar-refractivity contribution is 0.415. The second-order valence-corrected chi connectivity index (χ2v) is 6.17. The van der Waals surface area contributed by atoms with Gasteiger partial charge in [0.25, 0.3) is 0 Å². The summed E-state index contributed by atoms with van der Waals surface area (Å²) in [5, 5.41) is 0. The number of oxazole rings is 1. The van der Waals surface area contributed by atoms with E-state index in [1.807, 2.05) is 30.3 Å². The molecule has 0 aliphatic rings. The lowest BCUT2D eigenvalue weighted by atomic mass is 9.82. The number of methoxy groups -OCH3 is 1. The van der Waals surface area contributed by atoms with Gasteiger partial charge < -0.3 is 9.15 Å². The van der Waals surface area contributed by atoms with Crippen molar-refractivity contribution in [3.05, 3.63) is 48.0 Å². The highest BCUT2D eigenvalue weighted by Crippen LogP contribution is 2.31. The van der Waals surface area contributed by atoms with Crippen LogP contribution in [0.2, 0.25) is 0 Å². The summed E-state index contributed by atoms with van der Waals surface area (Å²) in [7, 11) is 1.66. The van der Waals surface area contributed by atoms with Gasteiger partial charge in [-0.3, -0.25) is 0 Å². The lowest BCUT2D eigenvalue weighted by Gasteiger charge is -2.22. The van der Waals surface area contributed by atoms with Crippen LogP contribution < -0.4 is 4.74 Å². The number of nitrogens with zero attached hydrogens (tertiary/aromatic N) is 1. The van der Waals surface area contributed by atoms with Crippen molar-refractivity contribution in [2.45, 2.75) is 32.6 Å². The Morgan fingerprint density at radius 2 is 1.82 bits per heavy atom. The van der Waals surface area contributed by atoms with E-state index in [1.165, 1.54) is 5.56 Å². The quantitative estimate of drug-likeness (QED) is 0.664. The van der Waals surface area contributed by atoms with Crippen LogP contribution in [0.3, 0.4) is 0 Å². The van der Waals surface area contributed by atoms with Gasteiger partial charge in [-0.2, -0.15) is 0 Å². The summed E-state index contributed by atoms with van der Waals surface area (Å²) in [5.41, 5.74) is 4.12. The molecule has 0 aliphatic heterocycles. The minimum Gasteiger partial charge on any atom is -0.497 e. The van der Waals surface area contributed by atoms with Gasteiger partial charge in [0, 0.05) is 5.56 Å². The van der Waals surface area contributed by atoms with Gasteiger partial charge in [-0.05, 0) is 53.8 Å². The molecule has 3 aromatic rings. The molecule has 0 aliphatic carbocycles. The van der Waals surface area contributed by atoms with Crippen molar-refractivity contribution < 1.29 is 9.15 Å². The Hall–Kier alpha value is -2.29. The molecule has 2 aromatic carbocycles. The fourth-order valence-corrected chi connectivity index (χ4v) is 2.41. The molecule has 1 aromatic heterocycles. The molecule has 0 saturated carbocycles. The lowest BCUT2D eigenvalue weighted by Crippen LogP contribution is -2.14. The smallest absolute Gasteiger partial charge is 0.227 e. The first-order valence-corrected chi connectivity index (χ1v) is 7.59. The normalized spacial score (nSPS) is 11.8. The van der Waals surface area contributed by atoms with E-state index in [-0.39, 0.29) is 5.41 Å². The van der Waals surface area contributed by atoms with E-state index in [4.69, 9.17) is 9.15 Å². The number of fused-ring (bicyclic) bond motifs is 1. The molecule has 0 radical (unpaired) electrons. The average molecular weight is 295 g/mol. The van der Waals surface area contributed by atoms with Crippen LogP contribution in [-0.4, -0.2) is 12.1 Å². The predicted molar refractivity (Wildman–Crippen MR) is 89.3 cm³/mol. The summed E-state index contributed by atoms with van der Waals surface area (Å²) in [5.74, 6) is 1.47. The Morgan fingerprint density at radius 1 is 1.09 bits per heavy atom. The third-order valence-corrected chi connectivity index (χ3v) is 4.39. The average Bonchev–Trinajstić information content (AvgIpc) is 2.98. The molecular weight excluding hydrogens is 274 g/mol. The first-order chi connectivity index (χ1) is 10.5. The molecule has 3 rings (SSSR count). The molecule has 3 heteroatoms. The summed E-state index contributed by atoms with van der Waals surface area (Å²) in [6.07, 6.45) is 1.09. The van der Waals surface area contributed by atoms with E-state index in [0.717, 1.165) is 28.8 Å². The number of ether oxygens (including phenoxy) is 1. The number of hydrogen-bond donors (Lipinski definition) is 0. The molecule has 0 bridgehead atoms. The van der Waals surface area contributed by atoms with Crippen molar-refractivity contribution in [3.63, 3.8) is 0 Å².